The topological polar surface area (TPSA) is 84.9 Å². The summed E-state index contributed by atoms with van der Waals surface area (Å²) in [7, 11) is -1.27. The number of rotatable bonds is 4. The summed E-state index contributed by atoms with van der Waals surface area (Å²) in [6.07, 6.45) is -0.685. The summed E-state index contributed by atoms with van der Waals surface area (Å²) >= 11 is 0. The number of ether oxygens (including phenoxy) is 1. The lowest BCUT2D eigenvalue weighted by Gasteiger charge is -2.19. The highest BCUT2D eigenvalue weighted by Gasteiger charge is 2.39. The van der Waals surface area contributed by atoms with Crippen molar-refractivity contribution in [2.75, 3.05) is 13.2 Å². The van der Waals surface area contributed by atoms with Gasteiger partial charge in [0, 0.05) is 17.6 Å². The summed E-state index contributed by atoms with van der Waals surface area (Å²) in [5.74, 6) is -0.195. The van der Waals surface area contributed by atoms with Gasteiger partial charge in [-0.15, -0.1) is 0 Å². The second kappa shape index (κ2) is 5.09. The first-order chi connectivity index (χ1) is 8.83. The number of halogens is 1. The zero-order valence-corrected chi connectivity index (χ0v) is 10.9. The maximum atomic E-state index is 13.8. The van der Waals surface area contributed by atoms with Crippen LogP contribution >= 0.6 is 0 Å². The lowest BCUT2D eigenvalue weighted by molar-refractivity contribution is 0.0288. The van der Waals surface area contributed by atoms with E-state index in [2.05, 4.69) is 0 Å². The van der Waals surface area contributed by atoms with Gasteiger partial charge >= 0.3 is 7.12 Å². The highest BCUT2D eigenvalue weighted by molar-refractivity contribution is 6.62. The Morgan fingerprint density at radius 3 is 2.79 bits per heavy atom. The van der Waals surface area contributed by atoms with Gasteiger partial charge in [0.25, 0.3) is 0 Å². The first-order valence-corrected chi connectivity index (χ1v) is 6.04. The third kappa shape index (κ3) is 2.89. The predicted octanol–water partition coefficient (Wildman–Crippen LogP) is -0.307. The molecule has 0 fully saturated rings. The monoisotopic (exact) mass is 269 g/mol. The van der Waals surface area contributed by atoms with Crippen LogP contribution in [0.5, 0.6) is 5.75 Å². The van der Waals surface area contributed by atoms with Crippen LogP contribution < -0.4 is 15.9 Å². The molecule has 0 radical (unpaired) electrons. The third-order valence-corrected chi connectivity index (χ3v) is 2.85. The molecule has 1 heterocycles. The lowest BCUT2D eigenvalue weighted by Crippen LogP contribution is -2.34. The van der Waals surface area contributed by atoms with Crippen LogP contribution in [-0.4, -0.2) is 36.0 Å². The van der Waals surface area contributed by atoms with Crippen molar-refractivity contribution in [1.82, 2.24) is 0 Å². The van der Waals surface area contributed by atoms with Crippen molar-refractivity contribution in [3.8, 4) is 5.75 Å². The van der Waals surface area contributed by atoms with Gasteiger partial charge in [-0.05, 0) is 26.0 Å². The smallest absolute Gasteiger partial charge is 0.491 e. The van der Waals surface area contributed by atoms with Gasteiger partial charge < -0.3 is 25.3 Å². The fraction of sp³-hybridized carbons (Fsp3) is 0.500. The van der Waals surface area contributed by atoms with Crippen molar-refractivity contribution >= 4 is 12.6 Å². The average Bonchev–Trinajstić information content (AvgIpc) is 2.66. The molecular weight excluding hydrogens is 252 g/mol. The minimum absolute atomic E-state index is 0.0189. The van der Waals surface area contributed by atoms with Crippen molar-refractivity contribution in [3.63, 3.8) is 0 Å². The van der Waals surface area contributed by atoms with E-state index in [1.807, 2.05) is 0 Å². The SMILES string of the molecule is CC(C)(O)COc1ccc(F)c2c1B(O)O[C@@H]2CN. The lowest BCUT2D eigenvalue weighted by atomic mass is 9.78. The summed E-state index contributed by atoms with van der Waals surface area (Å²) in [4.78, 5) is 0. The van der Waals surface area contributed by atoms with E-state index in [0.29, 0.717) is 5.75 Å². The van der Waals surface area contributed by atoms with Crippen LogP contribution in [0.1, 0.15) is 25.5 Å². The summed E-state index contributed by atoms with van der Waals surface area (Å²) in [6, 6.07) is 2.65. The van der Waals surface area contributed by atoms with Gasteiger partial charge in [0.1, 0.15) is 18.2 Å². The Hall–Kier alpha value is -1.15. The fourth-order valence-corrected chi connectivity index (χ4v) is 2.02. The number of hydrogen-bond acceptors (Lipinski definition) is 5. The molecule has 7 heteroatoms. The van der Waals surface area contributed by atoms with E-state index >= 15 is 0 Å². The molecule has 0 spiro atoms. The third-order valence-electron chi connectivity index (χ3n) is 2.85. The van der Waals surface area contributed by atoms with E-state index in [4.69, 9.17) is 15.1 Å². The number of fused-ring (bicyclic) bond motifs is 1. The zero-order chi connectivity index (χ0) is 14.2. The molecule has 0 unspecified atom stereocenters. The molecule has 0 saturated carbocycles. The van der Waals surface area contributed by atoms with Gasteiger partial charge in [0.2, 0.25) is 0 Å². The van der Waals surface area contributed by atoms with Crippen LogP contribution in [0.4, 0.5) is 4.39 Å². The van der Waals surface area contributed by atoms with Gasteiger partial charge in [-0.1, -0.05) is 0 Å². The molecule has 1 aromatic carbocycles. The van der Waals surface area contributed by atoms with Gasteiger partial charge in [0.05, 0.1) is 11.7 Å². The van der Waals surface area contributed by atoms with Crippen molar-refractivity contribution < 1.29 is 23.9 Å². The highest BCUT2D eigenvalue weighted by Crippen LogP contribution is 2.29. The Kier molecular flexibility index (Phi) is 3.82. The first kappa shape index (κ1) is 14.3. The Bertz CT molecular complexity index is 478. The minimum atomic E-state index is -1.27. The number of nitrogens with two attached hydrogens (primary N) is 1. The van der Waals surface area contributed by atoms with Crippen LogP contribution in [0.15, 0.2) is 12.1 Å². The van der Waals surface area contributed by atoms with Gasteiger partial charge in [-0.2, -0.15) is 0 Å². The van der Waals surface area contributed by atoms with Gasteiger partial charge in [0.15, 0.2) is 0 Å². The molecule has 1 atom stereocenters. The van der Waals surface area contributed by atoms with Crippen LogP contribution in [0.3, 0.4) is 0 Å². The fourth-order valence-electron chi connectivity index (χ4n) is 2.02. The predicted molar refractivity (Wildman–Crippen MR) is 68.7 cm³/mol. The Morgan fingerprint density at radius 2 is 2.21 bits per heavy atom. The molecule has 4 N–H and O–H groups in total. The quantitative estimate of drug-likeness (QED) is 0.653. The molecule has 0 saturated heterocycles. The summed E-state index contributed by atoms with van der Waals surface area (Å²) in [5, 5.41) is 19.5. The Balaban J connectivity index is 2.35. The molecule has 1 aliphatic heterocycles. The second-order valence-corrected chi connectivity index (χ2v) is 5.19. The Labute approximate surface area is 111 Å². The van der Waals surface area contributed by atoms with Crippen molar-refractivity contribution in [1.29, 1.82) is 0 Å². The summed E-state index contributed by atoms with van der Waals surface area (Å²) < 4.78 is 24.4. The van der Waals surface area contributed by atoms with Crippen LogP contribution in [0.2, 0.25) is 0 Å². The summed E-state index contributed by atoms with van der Waals surface area (Å²) in [5.41, 5.74) is 4.94. The molecule has 104 valence electrons. The molecule has 0 aliphatic carbocycles. The van der Waals surface area contributed by atoms with E-state index in [-0.39, 0.29) is 24.2 Å². The molecule has 0 aromatic heterocycles. The summed E-state index contributed by atoms with van der Waals surface area (Å²) in [6.45, 7) is 3.26. The zero-order valence-electron chi connectivity index (χ0n) is 10.9. The van der Waals surface area contributed by atoms with Gasteiger partial charge in [-0.3, -0.25) is 0 Å². The van der Waals surface area contributed by atoms with Crippen molar-refractivity contribution in [2.24, 2.45) is 5.73 Å². The highest BCUT2D eigenvalue weighted by atomic mass is 19.1. The first-order valence-electron chi connectivity index (χ1n) is 6.04. The molecule has 0 amide bonds. The number of benzene rings is 1. The van der Waals surface area contributed by atoms with E-state index in [9.17, 15) is 14.5 Å². The van der Waals surface area contributed by atoms with Crippen molar-refractivity contribution in [2.45, 2.75) is 25.6 Å². The molecular formula is C12H17BFNO4. The standard InChI is InChI=1S/C12H17BFNO4/c1-12(2,16)6-18-8-4-3-7(14)10-9(5-15)19-13(17)11(8)10/h3-4,9,16-17H,5-6,15H2,1-2H3/t9-/m1/s1. The normalized spacial score (nSPS) is 18.6. The number of aliphatic hydroxyl groups is 1. The number of hydrogen-bond donors (Lipinski definition) is 3. The molecule has 5 nitrogen and oxygen atoms in total. The van der Waals surface area contributed by atoms with E-state index in [1.165, 1.54) is 12.1 Å². The van der Waals surface area contributed by atoms with Gasteiger partial charge in [-0.25, -0.2) is 4.39 Å². The molecule has 2 rings (SSSR count). The van der Waals surface area contributed by atoms with E-state index in [1.54, 1.807) is 13.8 Å². The Morgan fingerprint density at radius 1 is 1.53 bits per heavy atom. The molecule has 19 heavy (non-hydrogen) atoms. The minimum Gasteiger partial charge on any atom is -0.491 e. The van der Waals surface area contributed by atoms with Crippen molar-refractivity contribution in [3.05, 3.63) is 23.5 Å². The maximum absolute atomic E-state index is 13.8. The largest absolute Gasteiger partial charge is 0.495 e. The molecule has 1 aromatic rings. The van der Waals surface area contributed by atoms with Crippen LogP contribution in [-0.2, 0) is 4.65 Å². The maximum Gasteiger partial charge on any atom is 0.495 e. The molecule has 1 aliphatic rings. The van der Waals surface area contributed by atoms with Crippen LogP contribution in [0, 0.1) is 5.82 Å². The van der Waals surface area contributed by atoms with E-state index < -0.39 is 24.6 Å². The average molecular weight is 269 g/mol. The molecule has 0 bridgehead atoms. The van der Waals surface area contributed by atoms with E-state index in [0.717, 1.165) is 0 Å². The van der Waals surface area contributed by atoms with Crippen LogP contribution in [0.25, 0.3) is 0 Å². The second-order valence-electron chi connectivity index (χ2n) is 5.19.